The largest absolute Gasteiger partial charge is 0.316 e. The molecule has 10 heteroatoms. The minimum atomic E-state index is -4.01. The Morgan fingerprint density at radius 2 is 1.67 bits per heavy atom. The number of hydrogen-bond donors (Lipinski definition) is 1. The number of carbonyl (C=O) groups excluding carboxylic acids is 1. The molecule has 3 aromatic carbocycles. The fourth-order valence-electron chi connectivity index (χ4n) is 4.21. The zero-order valence-electron chi connectivity index (χ0n) is 21.9. The molecule has 39 heavy (non-hydrogen) atoms. The van der Waals surface area contributed by atoms with Gasteiger partial charge < -0.3 is 4.57 Å². The first-order valence-electron chi connectivity index (χ1n) is 12.1. The van der Waals surface area contributed by atoms with Crippen LogP contribution in [-0.4, -0.2) is 31.7 Å². The second-order valence-corrected chi connectivity index (χ2v) is 11.8. The minimum Gasteiger partial charge on any atom is -0.316 e. The minimum absolute atomic E-state index is 0.0895. The van der Waals surface area contributed by atoms with E-state index < -0.39 is 22.5 Å². The molecule has 1 amide bonds. The zero-order chi connectivity index (χ0) is 28.3. The average Bonchev–Trinajstić information content (AvgIpc) is 3.19. The number of aryl methyl sites for hydroxylation is 3. The Labute approximate surface area is 238 Å². The highest BCUT2D eigenvalue weighted by Gasteiger charge is 2.27. The highest BCUT2D eigenvalue weighted by Crippen LogP contribution is 2.31. The molecule has 0 saturated heterocycles. The quantitative estimate of drug-likeness (QED) is 0.194. The molecule has 0 bridgehead atoms. The number of hydrazone groups is 1. The van der Waals surface area contributed by atoms with Crippen LogP contribution in [0.1, 0.15) is 28.1 Å². The van der Waals surface area contributed by atoms with Crippen molar-refractivity contribution in [1.82, 2.24) is 9.99 Å². The van der Waals surface area contributed by atoms with E-state index in [1.165, 1.54) is 18.3 Å². The van der Waals surface area contributed by atoms with Crippen molar-refractivity contribution < 1.29 is 13.2 Å². The van der Waals surface area contributed by atoms with Crippen molar-refractivity contribution in [2.24, 2.45) is 5.10 Å². The normalized spacial score (nSPS) is 11.6. The van der Waals surface area contributed by atoms with Crippen LogP contribution in [0.3, 0.4) is 0 Å². The Balaban J connectivity index is 1.58. The topological polar surface area (TPSA) is 83.8 Å². The Morgan fingerprint density at radius 3 is 2.36 bits per heavy atom. The van der Waals surface area contributed by atoms with Crippen molar-refractivity contribution >= 4 is 51.0 Å². The van der Waals surface area contributed by atoms with Crippen LogP contribution in [0.5, 0.6) is 0 Å². The van der Waals surface area contributed by atoms with Gasteiger partial charge in [-0.25, -0.2) is 13.8 Å². The first kappa shape index (κ1) is 28.4. The SMILES string of the molecule is Cc1ccc(N(CC(=O)N/N=C\c2cc(C)n(-c3cccc(Cl)c3Cl)c2C)S(=O)(=O)c2ccccc2)cc1C. The molecular formula is C29H28Cl2N4O3S. The lowest BCUT2D eigenvalue weighted by atomic mass is 10.1. The highest BCUT2D eigenvalue weighted by molar-refractivity contribution is 7.92. The van der Waals surface area contributed by atoms with E-state index >= 15 is 0 Å². The van der Waals surface area contributed by atoms with E-state index in [-0.39, 0.29) is 4.90 Å². The van der Waals surface area contributed by atoms with Crippen molar-refractivity contribution in [2.45, 2.75) is 32.6 Å². The summed E-state index contributed by atoms with van der Waals surface area (Å²) in [5.74, 6) is -0.587. The van der Waals surface area contributed by atoms with Gasteiger partial charge in [0.25, 0.3) is 15.9 Å². The number of aromatic nitrogens is 1. The molecule has 1 heterocycles. The van der Waals surface area contributed by atoms with Gasteiger partial charge in [-0.1, -0.05) is 53.5 Å². The summed E-state index contributed by atoms with van der Waals surface area (Å²) >= 11 is 12.6. The Bertz CT molecular complexity index is 1670. The van der Waals surface area contributed by atoms with E-state index in [1.807, 2.05) is 56.5 Å². The Hall–Kier alpha value is -3.59. The van der Waals surface area contributed by atoms with Crippen molar-refractivity contribution in [3.05, 3.63) is 111 Å². The fourth-order valence-corrected chi connectivity index (χ4v) is 6.02. The van der Waals surface area contributed by atoms with Crippen molar-refractivity contribution in [1.29, 1.82) is 0 Å². The second-order valence-electron chi connectivity index (χ2n) is 9.12. The lowest BCUT2D eigenvalue weighted by Gasteiger charge is -2.24. The van der Waals surface area contributed by atoms with Crippen LogP contribution in [0, 0.1) is 27.7 Å². The summed E-state index contributed by atoms with van der Waals surface area (Å²) in [5.41, 5.74) is 8.02. The zero-order valence-corrected chi connectivity index (χ0v) is 24.3. The number of carbonyl (C=O) groups is 1. The van der Waals surface area contributed by atoms with Crippen LogP contribution in [0.15, 0.2) is 82.8 Å². The van der Waals surface area contributed by atoms with Gasteiger partial charge in [0.05, 0.1) is 32.5 Å². The molecular weight excluding hydrogens is 555 g/mol. The first-order valence-corrected chi connectivity index (χ1v) is 14.3. The lowest BCUT2D eigenvalue weighted by molar-refractivity contribution is -0.119. The fraction of sp³-hybridized carbons (Fsp3) is 0.172. The van der Waals surface area contributed by atoms with E-state index in [9.17, 15) is 13.2 Å². The van der Waals surface area contributed by atoms with Crippen LogP contribution in [-0.2, 0) is 14.8 Å². The van der Waals surface area contributed by atoms with E-state index in [4.69, 9.17) is 23.2 Å². The van der Waals surface area contributed by atoms with Crippen LogP contribution < -0.4 is 9.73 Å². The molecule has 1 aromatic heterocycles. The van der Waals surface area contributed by atoms with Gasteiger partial charge in [0, 0.05) is 17.0 Å². The monoisotopic (exact) mass is 582 g/mol. The molecule has 0 saturated carbocycles. The van der Waals surface area contributed by atoms with E-state index in [0.717, 1.165) is 38.1 Å². The predicted octanol–water partition coefficient (Wildman–Crippen LogP) is 6.36. The molecule has 0 fully saturated rings. The number of rotatable bonds is 8. The highest BCUT2D eigenvalue weighted by atomic mass is 35.5. The van der Waals surface area contributed by atoms with Gasteiger partial charge in [0.1, 0.15) is 6.54 Å². The van der Waals surface area contributed by atoms with Gasteiger partial charge in [0.15, 0.2) is 0 Å². The summed E-state index contributed by atoms with van der Waals surface area (Å²) in [6, 6.07) is 20.6. The van der Waals surface area contributed by atoms with Gasteiger partial charge in [-0.2, -0.15) is 5.10 Å². The van der Waals surface area contributed by atoms with Gasteiger partial charge in [-0.15, -0.1) is 0 Å². The first-order chi connectivity index (χ1) is 18.5. The number of nitrogens with zero attached hydrogens (tertiary/aromatic N) is 3. The van der Waals surface area contributed by atoms with Gasteiger partial charge in [-0.3, -0.25) is 9.10 Å². The van der Waals surface area contributed by atoms with Crippen LogP contribution in [0.25, 0.3) is 5.69 Å². The molecule has 0 aliphatic rings. The Morgan fingerprint density at radius 1 is 0.949 bits per heavy atom. The molecule has 4 aromatic rings. The molecule has 202 valence electrons. The van der Waals surface area contributed by atoms with Crippen molar-refractivity contribution in [3.8, 4) is 5.69 Å². The maximum atomic E-state index is 13.5. The molecule has 0 aliphatic carbocycles. The van der Waals surface area contributed by atoms with E-state index in [1.54, 1.807) is 36.4 Å². The van der Waals surface area contributed by atoms with Gasteiger partial charge in [0.2, 0.25) is 0 Å². The van der Waals surface area contributed by atoms with Crippen molar-refractivity contribution in [2.75, 3.05) is 10.8 Å². The van der Waals surface area contributed by atoms with Gasteiger partial charge >= 0.3 is 0 Å². The number of hydrogen-bond acceptors (Lipinski definition) is 4. The standard InChI is InChI=1S/C29H28Cl2N4O3S/c1-19-13-14-24(15-20(19)2)34(39(37,38)25-9-6-5-7-10-25)18-28(36)33-32-17-23-16-21(3)35(22(23)4)27-12-8-11-26(30)29(27)31/h5-17H,18H2,1-4H3,(H,33,36)/b32-17-. The summed E-state index contributed by atoms with van der Waals surface area (Å²) in [7, 11) is -4.01. The van der Waals surface area contributed by atoms with Crippen LogP contribution in [0.4, 0.5) is 5.69 Å². The summed E-state index contributed by atoms with van der Waals surface area (Å²) in [5, 5.41) is 4.99. The average molecular weight is 584 g/mol. The molecule has 1 N–H and O–H groups in total. The number of benzene rings is 3. The summed E-state index contributed by atoms with van der Waals surface area (Å²) in [6.45, 7) is 7.21. The van der Waals surface area contributed by atoms with Gasteiger partial charge in [-0.05, 0) is 81.3 Å². The number of halogens is 2. The molecule has 0 radical (unpaired) electrons. The molecule has 0 aliphatic heterocycles. The van der Waals surface area contributed by atoms with Crippen LogP contribution >= 0.6 is 23.2 Å². The maximum Gasteiger partial charge on any atom is 0.264 e. The predicted molar refractivity (Wildman–Crippen MR) is 158 cm³/mol. The third-order valence-corrected chi connectivity index (χ3v) is 9.03. The van der Waals surface area contributed by atoms with Crippen LogP contribution in [0.2, 0.25) is 10.0 Å². The number of anilines is 1. The molecule has 0 spiro atoms. The number of nitrogens with one attached hydrogen (secondary N) is 1. The number of sulfonamides is 1. The second kappa shape index (κ2) is 11.7. The van der Waals surface area contributed by atoms with E-state index in [0.29, 0.717) is 15.7 Å². The third-order valence-electron chi connectivity index (χ3n) is 6.43. The Kier molecular flexibility index (Phi) is 8.49. The maximum absolute atomic E-state index is 13.5. The molecule has 0 atom stereocenters. The lowest BCUT2D eigenvalue weighted by Crippen LogP contribution is -2.39. The summed E-state index contributed by atoms with van der Waals surface area (Å²) in [6.07, 6.45) is 1.52. The smallest absolute Gasteiger partial charge is 0.264 e. The third kappa shape index (κ3) is 6.03. The summed E-state index contributed by atoms with van der Waals surface area (Å²) in [4.78, 5) is 13.0. The van der Waals surface area contributed by atoms with E-state index in [2.05, 4.69) is 10.5 Å². The molecule has 0 unspecified atom stereocenters. The molecule has 7 nitrogen and oxygen atoms in total. The van der Waals surface area contributed by atoms with Crippen molar-refractivity contribution in [3.63, 3.8) is 0 Å². The number of amides is 1. The summed E-state index contributed by atoms with van der Waals surface area (Å²) < 4.78 is 30.1. The molecule has 4 rings (SSSR count).